The van der Waals surface area contributed by atoms with Gasteiger partial charge in [-0.15, -0.1) is 0 Å². The van der Waals surface area contributed by atoms with Crippen LogP contribution < -0.4 is 0 Å². The summed E-state index contributed by atoms with van der Waals surface area (Å²) in [6.07, 6.45) is 0.549. The monoisotopic (exact) mass is 216 g/mol. The fourth-order valence-electron chi connectivity index (χ4n) is 1.69. The van der Waals surface area contributed by atoms with E-state index in [0.717, 1.165) is 16.9 Å². The lowest BCUT2D eigenvalue weighted by Crippen LogP contribution is -1.99. The maximum Gasteiger partial charge on any atom is 0.170 e. The van der Waals surface area contributed by atoms with Gasteiger partial charge in [-0.1, -0.05) is 0 Å². The zero-order valence-electron chi connectivity index (χ0n) is 9.23. The lowest BCUT2D eigenvalue weighted by Gasteiger charge is -1.98. The number of carbonyl (C=O) groups is 2. The van der Waals surface area contributed by atoms with Gasteiger partial charge >= 0.3 is 0 Å². The minimum Gasteiger partial charge on any atom is -0.331 e. The lowest BCUT2D eigenvalue weighted by molar-refractivity contribution is -0.107. The van der Waals surface area contributed by atoms with E-state index in [-0.39, 0.29) is 12.2 Å². The van der Waals surface area contributed by atoms with E-state index >= 15 is 0 Å². The van der Waals surface area contributed by atoms with Crippen LogP contribution in [-0.4, -0.2) is 21.6 Å². The Hall–Kier alpha value is -1.97. The highest BCUT2D eigenvalue weighted by Gasteiger charge is 2.09. The highest BCUT2D eigenvalue weighted by Crippen LogP contribution is 2.17. The molecule has 1 heterocycles. The van der Waals surface area contributed by atoms with Crippen molar-refractivity contribution in [2.24, 2.45) is 7.05 Å². The number of aldehydes is 1. The van der Waals surface area contributed by atoms with Crippen molar-refractivity contribution in [3.05, 3.63) is 29.6 Å². The molecule has 1 aromatic heterocycles. The molecule has 2 aromatic rings. The molecule has 0 saturated carbocycles. The number of rotatable bonds is 3. The Balaban J connectivity index is 2.52. The van der Waals surface area contributed by atoms with Gasteiger partial charge in [0.25, 0.3) is 0 Å². The summed E-state index contributed by atoms with van der Waals surface area (Å²) in [5.41, 5.74) is 2.31. The minimum absolute atomic E-state index is 0.0721. The molecule has 0 atom stereocenters. The molecular formula is C12H12N2O2. The molecule has 0 spiro atoms. The fourth-order valence-corrected chi connectivity index (χ4v) is 1.69. The topological polar surface area (TPSA) is 52.0 Å². The van der Waals surface area contributed by atoms with Gasteiger partial charge in [-0.3, -0.25) is 4.79 Å². The second kappa shape index (κ2) is 3.89. The van der Waals surface area contributed by atoms with Crippen molar-refractivity contribution < 1.29 is 9.59 Å². The van der Waals surface area contributed by atoms with E-state index in [0.29, 0.717) is 11.8 Å². The smallest absolute Gasteiger partial charge is 0.170 e. The van der Waals surface area contributed by atoms with Gasteiger partial charge in [-0.05, 0) is 25.1 Å². The van der Waals surface area contributed by atoms with Gasteiger partial charge in [-0.25, -0.2) is 4.98 Å². The van der Waals surface area contributed by atoms with Crippen LogP contribution in [0.15, 0.2) is 18.2 Å². The van der Waals surface area contributed by atoms with Crippen molar-refractivity contribution in [1.82, 2.24) is 9.55 Å². The Kier molecular flexibility index (Phi) is 2.56. The van der Waals surface area contributed by atoms with Crippen LogP contribution in [0.25, 0.3) is 11.0 Å². The number of aromatic nitrogens is 2. The van der Waals surface area contributed by atoms with E-state index < -0.39 is 0 Å². The van der Waals surface area contributed by atoms with Crippen molar-refractivity contribution in [2.75, 3.05) is 0 Å². The summed E-state index contributed by atoms with van der Waals surface area (Å²) in [6, 6.07) is 5.32. The third-order valence-electron chi connectivity index (χ3n) is 2.70. The van der Waals surface area contributed by atoms with Crippen LogP contribution in [0.4, 0.5) is 0 Å². The molecule has 0 aliphatic carbocycles. The first-order valence-electron chi connectivity index (χ1n) is 5.03. The largest absolute Gasteiger partial charge is 0.331 e. The predicted molar refractivity (Wildman–Crippen MR) is 60.5 cm³/mol. The van der Waals surface area contributed by atoms with Crippen molar-refractivity contribution >= 4 is 23.1 Å². The molecule has 82 valence electrons. The zero-order chi connectivity index (χ0) is 11.7. The quantitative estimate of drug-likeness (QED) is 0.445. The van der Waals surface area contributed by atoms with Crippen LogP contribution in [0.2, 0.25) is 0 Å². The van der Waals surface area contributed by atoms with Gasteiger partial charge in [0.1, 0.15) is 12.1 Å². The summed E-state index contributed by atoms with van der Waals surface area (Å²) in [7, 11) is 1.93. The molecule has 0 radical (unpaired) electrons. The van der Waals surface area contributed by atoms with Gasteiger partial charge < -0.3 is 9.36 Å². The van der Waals surface area contributed by atoms with Crippen molar-refractivity contribution in [1.29, 1.82) is 0 Å². The first-order chi connectivity index (χ1) is 7.63. The molecule has 0 fully saturated rings. The number of benzene rings is 1. The highest BCUT2D eigenvalue weighted by atomic mass is 16.1. The Morgan fingerprint density at radius 2 is 2.25 bits per heavy atom. The van der Waals surface area contributed by atoms with Gasteiger partial charge in [0.05, 0.1) is 17.5 Å². The number of imidazole rings is 1. The summed E-state index contributed by atoms with van der Waals surface area (Å²) in [5, 5.41) is 0. The summed E-state index contributed by atoms with van der Waals surface area (Å²) in [4.78, 5) is 26.1. The summed E-state index contributed by atoms with van der Waals surface area (Å²) in [6.45, 7) is 1.91. The Bertz CT molecular complexity index is 570. The molecule has 1 aromatic carbocycles. The zero-order valence-corrected chi connectivity index (χ0v) is 9.23. The molecule has 2 rings (SSSR count). The average Bonchev–Trinajstić information content (AvgIpc) is 2.55. The van der Waals surface area contributed by atoms with Gasteiger partial charge in [0.2, 0.25) is 0 Å². The highest BCUT2D eigenvalue weighted by molar-refractivity contribution is 6.04. The number of ketones is 1. The molecular weight excluding hydrogens is 204 g/mol. The van der Waals surface area contributed by atoms with E-state index in [4.69, 9.17) is 0 Å². The van der Waals surface area contributed by atoms with Crippen molar-refractivity contribution in [3.63, 3.8) is 0 Å². The van der Waals surface area contributed by atoms with Crippen LogP contribution >= 0.6 is 0 Å². The lowest BCUT2D eigenvalue weighted by atomic mass is 10.1. The van der Waals surface area contributed by atoms with Crippen molar-refractivity contribution in [3.8, 4) is 0 Å². The van der Waals surface area contributed by atoms with Crippen LogP contribution in [0.3, 0.4) is 0 Å². The van der Waals surface area contributed by atoms with Crippen LogP contribution in [-0.2, 0) is 11.8 Å². The number of fused-ring (bicyclic) bond motifs is 1. The SMILES string of the molecule is Cc1nc2cc(C(=O)CC=O)ccc2n1C. The number of aryl methyl sites for hydroxylation is 2. The molecule has 0 unspecified atom stereocenters. The molecule has 0 saturated heterocycles. The number of Topliss-reactive ketones (excluding diaryl/α,β-unsaturated/α-hetero) is 1. The number of nitrogens with zero attached hydrogens (tertiary/aromatic N) is 2. The number of hydrogen-bond donors (Lipinski definition) is 0. The number of carbonyl (C=O) groups excluding carboxylic acids is 2. The first kappa shape index (κ1) is 10.5. The van der Waals surface area contributed by atoms with Gasteiger partial charge in [-0.2, -0.15) is 0 Å². The Labute approximate surface area is 92.9 Å². The summed E-state index contributed by atoms with van der Waals surface area (Å²) < 4.78 is 1.96. The maximum absolute atomic E-state index is 11.5. The number of hydrogen-bond acceptors (Lipinski definition) is 3. The summed E-state index contributed by atoms with van der Waals surface area (Å²) in [5.74, 6) is 0.732. The van der Waals surface area contributed by atoms with E-state index in [9.17, 15) is 9.59 Å². The fraction of sp³-hybridized carbons (Fsp3) is 0.250. The molecule has 0 bridgehead atoms. The van der Waals surface area contributed by atoms with E-state index in [1.165, 1.54) is 0 Å². The molecule has 4 nitrogen and oxygen atoms in total. The second-order valence-corrected chi connectivity index (χ2v) is 3.72. The molecule has 0 aliphatic heterocycles. The molecule has 16 heavy (non-hydrogen) atoms. The molecule has 0 amide bonds. The molecule has 4 heteroatoms. The van der Waals surface area contributed by atoms with E-state index in [2.05, 4.69) is 4.98 Å². The standard InChI is InChI=1S/C12H12N2O2/c1-8-13-10-7-9(12(16)5-6-15)3-4-11(10)14(8)2/h3-4,6-7H,5H2,1-2H3. The average molecular weight is 216 g/mol. The van der Waals surface area contributed by atoms with Gasteiger partial charge in [0, 0.05) is 12.6 Å². The maximum atomic E-state index is 11.5. The van der Waals surface area contributed by atoms with Crippen LogP contribution in [0, 0.1) is 6.92 Å². The normalized spacial score (nSPS) is 10.6. The van der Waals surface area contributed by atoms with Crippen LogP contribution in [0.5, 0.6) is 0 Å². The summed E-state index contributed by atoms with van der Waals surface area (Å²) >= 11 is 0. The van der Waals surface area contributed by atoms with Crippen molar-refractivity contribution in [2.45, 2.75) is 13.3 Å². The first-order valence-corrected chi connectivity index (χ1v) is 5.03. The third kappa shape index (κ3) is 1.62. The molecule has 0 aliphatic rings. The van der Waals surface area contributed by atoms with Gasteiger partial charge in [0.15, 0.2) is 5.78 Å². The Morgan fingerprint density at radius 3 is 2.94 bits per heavy atom. The van der Waals surface area contributed by atoms with E-state index in [1.807, 2.05) is 24.6 Å². The molecule has 0 N–H and O–H groups in total. The predicted octanol–water partition coefficient (Wildman–Crippen LogP) is 1.65. The van der Waals surface area contributed by atoms with Crippen LogP contribution in [0.1, 0.15) is 22.6 Å². The third-order valence-corrected chi connectivity index (χ3v) is 2.70. The minimum atomic E-state index is -0.166. The second-order valence-electron chi connectivity index (χ2n) is 3.72. The Morgan fingerprint density at radius 1 is 1.50 bits per heavy atom. The van der Waals surface area contributed by atoms with E-state index in [1.54, 1.807) is 12.1 Å².